The summed E-state index contributed by atoms with van der Waals surface area (Å²) in [6.07, 6.45) is 1.76. The van der Waals surface area contributed by atoms with Crippen LogP contribution < -0.4 is 9.47 Å². The van der Waals surface area contributed by atoms with Crippen molar-refractivity contribution in [2.75, 3.05) is 6.61 Å². The average molecular weight is 340 g/mol. The molecule has 0 bridgehead atoms. The Morgan fingerprint density at radius 1 is 1.16 bits per heavy atom. The first-order chi connectivity index (χ1) is 11.9. The number of carboxylic acids is 1. The minimum Gasteiger partial charge on any atom is -0.494 e. The van der Waals surface area contributed by atoms with Crippen molar-refractivity contribution in [3.05, 3.63) is 59.2 Å². The second kappa shape index (κ2) is 8.38. The van der Waals surface area contributed by atoms with Crippen molar-refractivity contribution in [2.45, 2.75) is 33.8 Å². The number of carbonyl (C=O) groups is 1. The zero-order valence-corrected chi connectivity index (χ0v) is 15.1. The van der Waals surface area contributed by atoms with E-state index in [4.69, 9.17) is 9.47 Å². The van der Waals surface area contributed by atoms with Gasteiger partial charge in [-0.15, -0.1) is 0 Å². The van der Waals surface area contributed by atoms with E-state index in [-0.39, 0.29) is 11.7 Å². The van der Waals surface area contributed by atoms with Crippen LogP contribution in [0.25, 0.3) is 11.6 Å². The van der Waals surface area contributed by atoms with Gasteiger partial charge in [-0.25, -0.2) is 4.79 Å². The van der Waals surface area contributed by atoms with E-state index in [1.807, 2.05) is 64.1 Å². The molecule has 1 N–H and O–H groups in total. The van der Waals surface area contributed by atoms with Gasteiger partial charge >= 0.3 is 5.97 Å². The van der Waals surface area contributed by atoms with Crippen LogP contribution in [0.4, 0.5) is 0 Å². The maximum atomic E-state index is 11.7. The second-order valence-corrected chi connectivity index (χ2v) is 6.01. The highest BCUT2D eigenvalue weighted by Crippen LogP contribution is 2.26. The normalized spacial score (nSPS) is 11.5. The first-order valence-electron chi connectivity index (χ1n) is 8.36. The Morgan fingerprint density at radius 2 is 1.84 bits per heavy atom. The molecule has 132 valence electrons. The zero-order valence-electron chi connectivity index (χ0n) is 15.1. The number of hydrogen-bond acceptors (Lipinski definition) is 3. The number of aliphatic carboxylic acids is 1. The maximum Gasteiger partial charge on any atom is 0.336 e. The van der Waals surface area contributed by atoms with Gasteiger partial charge < -0.3 is 14.6 Å². The lowest BCUT2D eigenvalue weighted by molar-refractivity contribution is -0.130. The summed E-state index contributed by atoms with van der Waals surface area (Å²) in [7, 11) is 0. The van der Waals surface area contributed by atoms with E-state index >= 15 is 0 Å². The molecule has 0 amide bonds. The Morgan fingerprint density at radius 3 is 2.36 bits per heavy atom. The van der Waals surface area contributed by atoms with Crippen LogP contribution in [0.2, 0.25) is 0 Å². The van der Waals surface area contributed by atoms with Crippen LogP contribution in [0.1, 0.15) is 37.5 Å². The summed E-state index contributed by atoms with van der Waals surface area (Å²) in [6.45, 7) is 8.33. The Labute approximate surface area is 148 Å². The number of ether oxygens (including phenoxy) is 2. The molecule has 4 heteroatoms. The Bertz CT molecular complexity index is 758. The van der Waals surface area contributed by atoms with Crippen LogP contribution in [0.15, 0.2) is 42.5 Å². The van der Waals surface area contributed by atoms with E-state index in [0.29, 0.717) is 12.2 Å². The van der Waals surface area contributed by atoms with Crippen LogP contribution in [-0.2, 0) is 4.79 Å². The highest BCUT2D eigenvalue weighted by Gasteiger charge is 2.12. The molecule has 0 aromatic heterocycles. The van der Waals surface area contributed by atoms with Crippen molar-refractivity contribution < 1.29 is 19.4 Å². The zero-order chi connectivity index (χ0) is 18.4. The second-order valence-electron chi connectivity index (χ2n) is 6.01. The molecule has 0 radical (unpaired) electrons. The number of benzene rings is 2. The molecule has 0 aliphatic rings. The van der Waals surface area contributed by atoms with Crippen molar-refractivity contribution in [1.29, 1.82) is 0 Å². The summed E-state index contributed by atoms with van der Waals surface area (Å²) in [6, 6.07) is 12.8. The quantitative estimate of drug-likeness (QED) is 0.581. The van der Waals surface area contributed by atoms with Gasteiger partial charge in [0, 0.05) is 0 Å². The van der Waals surface area contributed by atoms with Crippen molar-refractivity contribution in [3.63, 3.8) is 0 Å². The molecule has 0 spiro atoms. The Hall–Kier alpha value is -2.75. The van der Waals surface area contributed by atoms with Crippen molar-refractivity contribution in [3.8, 4) is 11.5 Å². The first kappa shape index (κ1) is 18.6. The predicted octanol–water partition coefficient (Wildman–Crippen LogP) is 4.81. The highest BCUT2D eigenvalue weighted by atomic mass is 16.5. The number of rotatable bonds is 7. The minimum atomic E-state index is -0.967. The number of carboxylic acid groups (broad SMARTS) is 1. The molecule has 0 fully saturated rings. The molecule has 0 heterocycles. The van der Waals surface area contributed by atoms with Crippen LogP contribution in [0, 0.1) is 6.92 Å². The highest BCUT2D eigenvalue weighted by molar-refractivity contribution is 6.20. The van der Waals surface area contributed by atoms with E-state index in [2.05, 4.69) is 0 Å². The van der Waals surface area contributed by atoms with Gasteiger partial charge in [-0.2, -0.15) is 0 Å². The fourth-order valence-corrected chi connectivity index (χ4v) is 2.48. The summed E-state index contributed by atoms with van der Waals surface area (Å²) in [5.74, 6) is 0.568. The van der Waals surface area contributed by atoms with E-state index < -0.39 is 5.97 Å². The van der Waals surface area contributed by atoms with Crippen molar-refractivity contribution in [1.82, 2.24) is 0 Å². The van der Waals surface area contributed by atoms with Crippen LogP contribution >= 0.6 is 0 Å². The fourth-order valence-electron chi connectivity index (χ4n) is 2.48. The molecule has 0 saturated carbocycles. The van der Waals surface area contributed by atoms with E-state index in [0.717, 1.165) is 22.6 Å². The third-order valence-electron chi connectivity index (χ3n) is 3.58. The molecule has 4 nitrogen and oxygen atoms in total. The number of aryl methyl sites for hydroxylation is 1. The lowest BCUT2D eigenvalue weighted by Crippen LogP contribution is -2.05. The summed E-state index contributed by atoms with van der Waals surface area (Å²) in [5.41, 5.74) is 2.60. The smallest absolute Gasteiger partial charge is 0.336 e. The van der Waals surface area contributed by atoms with Gasteiger partial charge in [0.25, 0.3) is 0 Å². The largest absolute Gasteiger partial charge is 0.494 e. The van der Waals surface area contributed by atoms with Crippen LogP contribution in [0.3, 0.4) is 0 Å². The summed E-state index contributed by atoms with van der Waals surface area (Å²) in [5, 5.41) is 9.60. The first-order valence-corrected chi connectivity index (χ1v) is 8.36. The lowest BCUT2D eigenvalue weighted by Gasteiger charge is -2.11. The molecule has 2 aromatic rings. The molecule has 2 rings (SSSR count). The van der Waals surface area contributed by atoms with Gasteiger partial charge in [-0.05, 0) is 74.7 Å². The summed E-state index contributed by atoms with van der Waals surface area (Å²) < 4.78 is 11.1. The van der Waals surface area contributed by atoms with E-state index in [1.165, 1.54) is 0 Å². The lowest BCUT2D eigenvalue weighted by atomic mass is 10.0. The van der Waals surface area contributed by atoms with E-state index in [9.17, 15) is 9.90 Å². The standard InChI is InChI=1S/C21H24O4/c1-5-24-20-11-8-17(12-15(20)4)19(21(22)23)13-16-6-9-18(10-7-16)25-14(2)3/h6-14H,5H2,1-4H3,(H,22,23)/b19-13-. The third-order valence-corrected chi connectivity index (χ3v) is 3.58. The molecular weight excluding hydrogens is 316 g/mol. The van der Waals surface area contributed by atoms with Crippen molar-refractivity contribution >= 4 is 17.6 Å². The molecule has 0 saturated heterocycles. The van der Waals surface area contributed by atoms with E-state index in [1.54, 1.807) is 12.1 Å². The molecule has 0 aliphatic carbocycles. The SMILES string of the molecule is CCOc1ccc(/C(=C/c2ccc(OC(C)C)cc2)C(=O)O)cc1C. The van der Waals surface area contributed by atoms with Crippen LogP contribution in [-0.4, -0.2) is 23.8 Å². The predicted molar refractivity (Wildman–Crippen MR) is 100 cm³/mol. The molecule has 25 heavy (non-hydrogen) atoms. The van der Waals surface area contributed by atoms with Gasteiger partial charge in [0.15, 0.2) is 0 Å². The fraction of sp³-hybridized carbons (Fsp3) is 0.286. The number of hydrogen-bond donors (Lipinski definition) is 1. The molecule has 0 unspecified atom stereocenters. The molecule has 0 aliphatic heterocycles. The average Bonchev–Trinajstić information content (AvgIpc) is 2.55. The molecular formula is C21H24O4. The Kier molecular flexibility index (Phi) is 6.23. The topological polar surface area (TPSA) is 55.8 Å². The van der Waals surface area contributed by atoms with Gasteiger partial charge in [0.2, 0.25) is 0 Å². The monoisotopic (exact) mass is 340 g/mol. The molecule has 2 aromatic carbocycles. The minimum absolute atomic E-state index is 0.0998. The van der Waals surface area contributed by atoms with Gasteiger partial charge in [-0.3, -0.25) is 0 Å². The Balaban J connectivity index is 2.33. The van der Waals surface area contributed by atoms with Gasteiger partial charge in [0.05, 0.1) is 18.3 Å². The maximum absolute atomic E-state index is 11.7. The third kappa shape index (κ3) is 5.11. The summed E-state index contributed by atoms with van der Waals surface area (Å²) in [4.78, 5) is 11.7. The molecule has 0 atom stereocenters. The van der Waals surface area contributed by atoms with Crippen molar-refractivity contribution in [2.24, 2.45) is 0 Å². The van der Waals surface area contributed by atoms with Gasteiger partial charge in [-0.1, -0.05) is 18.2 Å². The van der Waals surface area contributed by atoms with Gasteiger partial charge in [0.1, 0.15) is 11.5 Å². The van der Waals surface area contributed by atoms with Crippen LogP contribution in [0.5, 0.6) is 11.5 Å². The summed E-state index contributed by atoms with van der Waals surface area (Å²) >= 11 is 0.